The molecule has 1 aromatic rings. The lowest BCUT2D eigenvalue weighted by Gasteiger charge is -2.33. The van der Waals surface area contributed by atoms with Crippen molar-refractivity contribution in [2.24, 2.45) is 0 Å². The Bertz CT molecular complexity index is 553. The molecule has 7 nitrogen and oxygen atoms in total. The normalized spacial score (nSPS) is 16.3. The maximum absolute atomic E-state index is 12.4. The van der Waals surface area contributed by atoms with Gasteiger partial charge in [0.25, 0.3) is 5.91 Å². The number of piperidine rings is 1. The third-order valence-corrected chi connectivity index (χ3v) is 3.90. The summed E-state index contributed by atoms with van der Waals surface area (Å²) in [5.74, 6) is 0.600. The molecule has 0 spiro atoms. The van der Waals surface area contributed by atoms with Crippen molar-refractivity contribution in [3.63, 3.8) is 0 Å². The molecule has 2 amide bonds. The Labute approximate surface area is 141 Å². The Kier molecular flexibility index (Phi) is 6.28. The second kappa shape index (κ2) is 8.42. The highest BCUT2D eigenvalue weighted by molar-refractivity contribution is 5.81. The quantitative estimate of drug-likeness (QED) is 0.857. The third kappa shape index (κ3) is 5.04. The van der Waals surface area contributed by atoms with Gasteiger partial charge in [-0.15, -0.1) is 0 Å². The summed E-state index contributed by atoms with van der Waals surface area (Å²) in [5.41, 5.74) is 0. The van der Waals surface area contributed by atoms with Crippen LogP contribution in [0.5, 0.6) is 11.5 Å². The van der Waals surface area contributed by atoms with Gasteiger partial charge in [-0.3, -0.25) is 4.79 Å². The van der Waals surface area contributed by atoms with Crippen molar-refractivity contribution in [2.75, 3.05) is 19.7 Å². The lowest BCUT2D eigenvalue weighted by atomic mass is 10.0. The average Bonchev–Trinajstić information content (AvgIpc) is 2.57. The molecule has 7 heteroatoms. The Morgan fingerprint density at radius 2 is 1.92 bits per heavy atom. The number of phenolic OH excluding ortho intramolecular Hbond substituents is 1. The van der Waals surface area contributed by atoms with Crippen LogP contribution in [0.1, 0.15) is 26.7 Å². The lowest BCUT2D eigenvalue weighted by molar-refractivity contribution is -0.139. The van der Waals surface area contributed by atoms with E-state index in [9.17, 15) is 14.7 Å². The number of alkyl carbamates (subject to hydrolysis) is 1. The number of amides is 2. The number of rotatable bonds is 5. The highest BCUT2D eigenvalue weighted by Crippen LogP contribution is 2.19. The molecule has 1 unspecified atom stereocenters. The van der Waals surface area contributed by atoms with E-state index in [2.05, 4.69) is 5.32 Å². The number of nitrogens with zero attached hydrogens (tertiary/aromatic N) is 1. The van der Waals surface area contributed by atoms with Gasteiger partial charge in [0, 0.05) is 19.1 Å². The van der Waals surface area contributed by atoms with Gasteiger partial charge in [0.05, 0.1) is 6.61 Å². The molecule has 0 aliphatic carbocycles. The van der Waals surface area contributed by atoms with Gasteiger partial charge < -0.3 is 24.8 Å². The van der Waals surface area contributed by atoms with Crippen molar-refractivity contribution in [3.05, 3.63) is 24.3 Å². The number of ether oxygens (including phenoxy) is 2. The fourth-order valence-corrected chi connectivity index (χ4v) is 2.62. The van der Waals surface area contributed by atoms with Gasteiger partial charge >= 0.3 is 6.09 Å². The van der Waals surface area contributed by atoms with Crippen LogP contribution in [0, 0.1) is 0 Å². The van der Waals surface area contributed by atoms with E-state index in [1.54, 1.807) is 30.9 Å². The maximum atomic E-state index is 12.4. The molecule has 24 heavy (non-hydrogen) atoms. The summed E-state index contributed by atoms with van der Waals surface area (Å²) in [6, 6.07) is 6.29. The minimum absolute atomic E-state index is 0.0291. The number of aromatic hydroxyl groups is 1. The number of benzene rings is 1. The molecule has 0 radical (unpaired) electrons. The van der Waals surface area contributed by atoms with Crippen LogP contribution in [0.15, 0.2) is 24.3 Å². The number of carbonyl (C=O) groups is 2. The van der Waals surface area contributed by atoms with Gasteiger partial charge in [-0.25, -0.2) is 4.79 Å². The first-order valence-electron chi connectivity index (χ1n) is 8.17. The average molecular weight is 336 g/mol. The van der Waals surface area contributed by atoms with Crippen molar-refractivity contribution in [3.8, 4) is 11.5 Å². The van der Waals surface area contributed by atoms with Crippen LogP contribution in [-0.2, 0) is 9.53 Å². The predicted octanol–water partition coefficient (Wildman–Crippen LogP) is 1.90. The summed E-state index contributed by atoms with van der Waals surface area (Å²) in [7, 11) is 0. The zero-order valence-corrected chi connectivity index (χ0v) is 14.0. The summed E-state index contributed by atoms with van der Waals surface area (Å²) in [6.45, 7) is 4.95. The van der Waals surface area contributed by atoms with E-state index < -0.39 is 12.2 Å². The van der Waals surface area contributed by atoms with Gasteiger partial charge in [0.1, 0.15) is 11.5 Å². The Balaban J connectivity index is 1.79. The summed E-state index contributed by atoms with van der Waals surface area (Å²) in [4.78, 5) is 25.6. The van der Waals surface area contributed by atoms with Crippen molar-refractivity contribution >= 4 is 12.0 Å². The number of hydrogen-bond acceptors (Lipinski definition) is 5. The largest absolute Gasteiger partial charge is 0.508 e. The van der Waals surface area contributed by atoms with Crippen LogP contribution in [0.2, 0.25) is 0 Å². The van der Waals surface area contributed by atoms with Crippen LogP contribution >= 0.6 is 0 Å². The fourth-order valence-electron chi connectivity index (χ4n) is 2.62. The summed E-state index contributed by atoms with van der Waals surface area (Å²) in [6.07, 6.45) is 0.364. The number of likely N-dealkylation sites (tertiary alicyclic amines) is 1. The zero-order valence-electron chi connectivity index (χ0n) is 14.0. The Morgan fingerprint density at radius 1 is 1.29 bits per heavy atom. The van der Waals surface area contributed by atoms with E-state index in [1.165, 1.54) is 12.1 Å². The number of hydrogen-bond donors (Lipinski definition) is 2. The highest BCUT2D eigenvalue weighted by Gasteiger charge is 2.27. The molecule has 2 N–H and O–H groups in total. The zero-order chi connectivity index (χ0) is 17.5. The minimum atomic E-state index is -0.607. The molecule has 1 aliphatic heterocycles. The summed E-state index contributed by atoms with van der Waals surface area (Å²) >= 11 is 0. The van der Waals surface area contributed by atoms with Crippen molar-refractivity contribution in [1.82, 2.24) is 10.2 Å². The molecular formula is C17H24N2O5. The first-order chi connectivity index (χ1) is 11.5. The molecule has 1 atom stereocenters. The van der Waals surface area contributed by atoms with Crippen molar-refractivity contribution < 1.29 is 24.2 Å². The second-order valence-electron chi connectivity index (χ2n) is 5.72. The molecule has 1 aromatic carbocycles. The second-order valence-corrected chi connectivity index (χ2v) is 5.72. The Hall–Kier alpha value is -2.44. The van der Waals surface area contributed by atoms with Crippen LogP contribution in [0.25, 0.3) is 0 Å². The van der Waals surface area contributed by atoms with E-state index in [0.717, 1.165) is 0 Å². The van der Waals surface area contributed by atoms with Crippen LogP contribution in [0.3, 0.4) is 0 Å². The number of phenols is 1. The molecular weight excluding hydrogens is 312 g/mol. The molecule has 1 saturated heterocycles. The van der Waals surface area contributed by atoms with Crippen molar-refractivity contribution in [2.45, 2.75) is 38.8 Å². The third-order valence-electron chi connectivity index (χ3n) is 3.90. The predicted molar refractivity (Wildman–Crippen MR) is 88.0 cm³/mol. The summed E-state index contributed by atoms with van der Waals surface area (Å²) < 4.78 is 10.5. The van der Waals surface area contributed by atoms with Gasteiger partial charge in [-0.05, 0) is 51.0 Å². The SMILES string of the molecule is CCOC(=O)NC1CCN(C(=O)C(C)Oc2ccc(O)cc2)CC1. The highest BCUT2D eigenvalue weighted by atomic mass is 16.5. The van der Waals surface area contributed by atoms with E-state index >= 15 is 0 Å². The van der Waals surface area contributed by atoms with Gasteiger partial charge in [-0.1, -0.05) is 0 Å². The van der Waals surface area contributed by atoms with Gasteiger partial charge in [0.2, 0.25) is 0 Å². The van der Waals surface area contributed by atoms with E-state index in [-0.39, 0.29) is 17.7 Å². The first-order valence-corrected chi connectivity index (χ1v) is 8.17. The number of carbonyl (C=O) groups excluding carboxylic acids is 2. The van der Waals surface area contributed by atoms with Crippen LogP contribution < -0.4 is 10.1 Å². The van der Waals surface area contributed by atoms with Crippen LogP contribution in [0.4, 0.5) is 4.79 Å². The minimum Gasteiger partial charge on any atom is -0.508 e. The molecule has 0 bridgehead atoms. The lowest BCUT2D eigenvalue weighted by Crippen LogP contribution is -2.49. The van der Waals surface area contributed by atoms with Crippen molar-refractivity contribution in [1.29, 1.82) is 0 Å². The fraction of sp³-hybridized carbons (Fsp3) is 0.529. The molecule has 132 valence electrons. The molecule has 1 aliphatic rings. The van der Waals surface area contributed by atoms with E-state index in [0.29, 0.717) is 38.3 Å². The van der Waals surface area contributed by atoms with E-state index in [1.807, 2.05) is 0 Å². The first kappa shape index (κ1) is 17.9. The van der Waals surface area contributed by atoms with Gasteiger partial charge in [-0.2, -0.15) is 0 Å². The Morgan fingerprint density at radius 3 is 2.50 bits per heavy atom. The standard InChI is InChI=1S/C17H24N2O5/c1-3-23-17(22)18-13-8-10-19(11-9-13)16(21)12(2)24-15-6-4-14(20)5-7-15/h4-7,12-13,20H,3,8-11H2,1-2H3,(H,18,22). The topological polar surface area (TPSA) is 88.1 Å². The van der Waals surface area contributed by atoms with E-state index in [4.69, 9.17) is 9.47 Å². The summed E-state index contributed by atoms with van der Waals surface area (Å²) in [5, 5.41) is 12.1. The number of nitrogens with one attached hydrogen (secondary N) is 1. The molecule has 0 aromatic heterocycles. The monoisotopic (exact) mass is 336 g/mol. The molecule has 2 rings (SSSR count). The van der Waals surface area contributed by atoms with Gasteiger partial charge in [0.15, 0.2) is 6.10 Å². The molecule has 1 fully saturated rings. The smallest absolute Gasteiger partial charge is 0.407 e. The maximum Gasteiger partial charge on any atom is 0.407 e. The van der Waals surface area contributed by atoms with Crippen LogP contribution in [-0.4, -0.2) is 53.8 Å². The molecule has 1 heterocycles. The molecule has 0 saturated carbocycles.